The van der Waals surface area contributed by atoms with Crippen molar-refractivity contribution in [1.29, 1.82) is 0 Å². The Labute approximate surface area is 137 Å². The summed E-state index contributed by atoms with van der Waals surface area (Å²) < 4.78 is 7.66. The van der Waals surface area contributed by atoms with Crippen molar-refractivity contribution >= 4 is 34.3 Å². The zero-order valence-corrected chi connectivity index (χ0v) is 13.3. The van der Waals surface area contributed by atoms with Gasteiger partial charge in [-0.15, -0.1) is 0 Å². The van der Waals surface area contributed by atoms with Gasteiger partial charge in [0, 0.05) is 5.39 Å². The first-order chi connectivity index (χ1) is 11.1. The lowest BCUT2D eigenvalue weighted by atomic mass is 10.1. The third kappa shape index (κ3) is 2.29. The number of H-pyrrole nitrogens is 1. The van der Waals surface area contributed by atoms with Crippen molar-refractivity contribution in [2.75, 3.05) is 0 Å². The summed E-state index contributed by atoms with van der Waals surface area (Å²) in [6.45, 7) is 2.45. The average Bonchev–Trinajstić information content (AvgIpc) is 2.92. The molecule has 114 valence electrons. The van der Waals surface area contributed by atoms with Gasteiger partial charge in [0.1, 0.15) is 11.1 Å². The first-order valence-corrected chi connectivity index (χ1v) is 7.74. The Morgan fingerprint density at radius 2 is 1.87 bits per heavy atom. The van der Waals surface area contributed by atoms with E-state index in [9.17, 15) is 4.79 Å². The molecule has 4 rings (SSSR count). The fourth-order valence-corrected chi connectivity index (χ4v) is 2.98. The molecule has 4 nitrogen and oxygen atoms in total. The van der Waals surface area contributed by atoms with Crippen molar-refractivity contribution < 1.29 is 4.42 Å². The van der Waals surface area contributed by atoms with E-state index in [1.54, 1.807) is 0 Å². The molecule has 0 aliphatic rings. The number of hydrogen-bond acceptors (Lipinski definition) is 3. The van der Waals surface area contributed by atoms with Gasteiger partial charge in [-0.3, -0.25) is 9.36 Å². The monoisotopic (exact) mass is 322 g/mol. The van der Waals surface area contributed by atoms with Gasteiger partial charge >= 0.3 is 0 Å². The smallest absolute Gasteiger partial charge is 0.298 e. The zero-order valence-electron chi connectivity index (χ0n) is 12.5. The molecule has 5 heteroatoms. The van der Waals surface area contributed by atoms with Crippen molar-refractivity contribution in [3.8, 4) is 0 Å². The van der Waals surface area contributed by atoms with E-state index in [4.69, 9.17) is 16.6 Å². The molecule has 0 aliphatic carbocycles. The number of hydrogen-bond donors (Lipinski definition) is 1. The molecule has 0 radical (unpaired) electrons. The predicted molar refractivity (Wildman–Crippen MR) is 93.4 cm³/mol. The van der Waals surface area contributed by atoms with Crippen LogP contribution in [0.2, 0.25) is 0 Å². The normalized spacial score (nSPS) is 11.3. The third-order valence-electron chi connectivity index (χ3n) is 3.97. The zero-order chi connectivity index (χ0) is 16.0. The van der Waals surface area contributed by atoms with Crippen LogP contribution in [0.25, 0.3) is 22.1 Å². The predicted octanol–water partition coefficient (Wildman–Crippen LogP) is 4.16. The summed E-state index contributed by atoms with van der Waals surface area (Å²) in [5.74, 6) is 0. The number of rotatable bonds is 2. The summed E-state index contributed by atoms with van der Waals surface area (Å²) in [6.07, 6.45) is 0. The Kier molecular flexibility index (Phi) is 3.16. The molecule has 0 amide bonds. The lowest BCUT2D eigenvalue weighted by molar-refractivity contribution is 0.640. The van der Waals surface area contributed by atoms with E-state index in [1.807, 2.05) is 55.5 Å². The van der Waals surface area contributed by atoms with E-state index < -0.39 is 0 Å². The van der Waals surface area contributed by atoms with Crippen LogP contribution in [0.3, 0.4) is 0 Å². The highest BCUT2D eigenvalue weighted by Gasteiger charge is 2.13. The van der Waals surface area contributed by atoms with E-state index in [0.717, 1.165) is 10.9 Å². The van der Waals surface area contributed by atoms with Crippen LogP contribution < -0.4 is 5.56 Å². The van der Waals surface area contributed by atoms with Gasteiger partial charge in [-0.25, -0.2) is 0 Å². The quantitative estimate of drug-likeness (QED) is 0.564. The molecular weight excluding hydrogens is 308 g/mol. The number of nitrogens with zero attached hydrogens (tertiary/aromatic N) is 1. The SMILES string of the molecule is Cc1ccc(Cn2c(=S)[nH]c3c(oc4ccccc43)c2=O)cc1. The topological polar surface area (TPSA) is 50.9 Å². The summed E-state index contributed by atoms with van der Waals surface area (Å²) in [6, 6.07) is 15.6. The molecular formula is C18H14N2O2S. The Morgan fingerprint density at radius 3 is 2.65 bits per heavy atom. The van der Waals surface area contributed by atoms with Gasteiger partial charge in [0.05, 0.1) is 6.54 Å². The van der Waals surface area contributed by atoms with Crippen molar-refractivity contribution in [1.82, 2.24) is 9.55 Å². The number of para-hydroxylation sites is 1. The fraction of sp³-hybridized carbons (Fsp3) is 0.111. The molecule has 0 atom stereocenters. The highest BCUT2D eigenvalue weighted by atomic mass is 32.1. The molecule has 0 unspecified atom stereocenters. The molecule has 0 saturated heterocycles. The van der Waals surface area contributed by atoms with Crippen molar-refractivity contribution in [2.45, 2.75) is 13.5 Å². The summed E-state index contributed by atoms with van der Waals surface area (Å²) in [7, 11) is 0. The van der Waals surface area contributed by atoms with Gasteiger partial charge in [0.25, 0.3) is 5.56 Å². The summed E-state index contributed by atoms with van der Waals surface area (Å²) in [4.78, 5) is 15.9. The standard InChI is InChI=1S/C18H14N2O2S/c1-11-6-8-12(9-7-11)10-20-17(21)16-15(19-18(20)23)13-4-2-3-5-14(13)22-16/h2-9H,10H2,1H3,(H,19,23). The maximum Gasteiger partial charge on any atom is 0.298 e. The molecule has 0 spiro atoms. The van der Waals surface area contributed by atoms with Crippen LogP contribution in [0.5, 0.6) is 0 Å². The number of nitrogens with one attached hydrogen (secondary N) is 1. The Balaban J connectivity index is 1.94. The van der Waals surface area contributed by atoms with E-state index in [1.165, 1.54) is 10.1 Å². The second-order valence-corrected chi connectivity index (χ2v) is 6.00. The fourth-order valence-electron chi connectivity index (χ4n) is 2.73. The molecule has 2 aromatic heterocycles. The molecule has 2 heterocycles. The van der Waals surface area contributed by atoms with Crippen LogP contribution in [0, 0.1) is 11.7 Å². The molecule has 2 aromatic carbocycles. The van der Waals surface area contributed by atoms with Crippen LogP contribution in [-0.4, -0.2) is 9.55 Å². The van der Waals surface area contributed by atoms with Crippen LogP contribution in [-0.2, 0) is 6.54 Å². The van der Waals surface area contributed by atoms with Gasteiger partial charge in [0.15, 0.2) is 4.77 Å². The van der Waals surface area contributed by atoms with Gasteiger partial charge < -0.3 is 9.40 Å². The highest BCUT2D eigenvalue weighted by Crippen LogP contribution is 2.24. The first kappa shape index (κ1) is 14.0. The summed E-state index contributed by atoms with van der Waals surface area (Å²) >= 11 is 5.39. The maximum absolute atomic E-state index is 12.8. The molecule has 0 aliphatic heterocycles. The van der Waals surface area contributed by atoms with Crippen molar-refractivity contribution in [2.24, 2.45) is 0 Å². The highest BCUT2D eigenvalue weighted by molar-refractivity contribution is 7.71. The van der Waals surface area contributed by atoms with Crippen LogP contribution in [0.4, 0.5) is 0 Å². The number of aryl methyl sites for hydroxylation is 1. The number of benzene rings is 2. The van der Waals surface area contributed by atoms with E-state index in [-0.39, 0.29) is 5.56 Å². The van der Waals surface area contributed by atoms with Crippen LogP contribution in [0.15, 0.2) is 57.7 Å². The van der Waals surface area contributed by atoms with E-state index in [2.05, 4.69) is 4.98 Å². The number of aromatic nitrogens is 2. The molecule has 23 heavy (non-hydrogen) atoms. The van der Waals surface area contributed by atoms with Crippen LogP contribution >= 0.6 is 12.2 Å². The Morgan fingerprint density at radius 1 is 1.13 bits per heavy atom. The number of fused-ring (bicyclic) bond motifs is 3. The van der Waals surface area contributed by atoms with Gasteiger partial charge in [-0.1, -0.05) is 42.0 Å². The van der Waals surface area contributed by atoms with Gasteiger partial charge in [-0.2, -0.15) is 0 Å². The summed E-state index contributed by atoms with van der Waals surface area (Å²) in [5.41, 5.74) is 3.65. The second-order valence-electron chi connectivity index (χ2n) is 5.61. The minimum absolute atomic E-state index is 0.208. The van der Waals surface area contributed by atoms with Gasteiger partial charge in [0.2, 0.25) is 5.58 Å². The largest absolute Gasteiger partial charge is 0.449 e. The van der Waals surface area contributed by atoms with Crippen molar-refractivity contribution in [3.63, 3.8) is 0 Å². The minimum atomic E-state index is -0.208. The first-order valence-electron chi connectivity index (χ1n) is 7.33. The molecule has 0 fully saturated rings. The molecule has 1 N–H and O–H groups in total. The van der Waals surface area contributed by atoms with E-state index >= 15 is 0 Å². The number of furan rings is 1. The molecule has 4 aromatic rings. The van der Waals surface area contributed by atoms with E-state index in [0.29, 0.717) is 28.0 Å². The minimum Gasteiger partial charge on any atom is -0.449 e. The molecule has 0 saturated carbocycles. The lowest BCUT2D eigenvalue weighted by Crippen LogP contribution is -2.22. The maximum atomic E-state index is 12.8. The Bertz CT molecular complexity index is 1130. The van der Waals surface area contributed by atoms with Crippen molar-refractivity contribution in [3.05, 3.63) is 74.8 Å². The van der Waals surface area contributed by atoms with Crippen LogP contribution in [0.1, 0.15) is 11.1 Å². The third-order valence-corrected chi connectivity index (χ3v) is 4.30. The summed E-state index contributed by atoms with van der Waals surface area (Å²) in [5, 5.41) is 0.869. The average molecular weight is 322 g/mol. The second kappa shape index (κ2) is 5.21. The van der Waals surface area contributed by atoms with Gasteiger partial charge in [-0.05, 0) is 36.8 Å². The molecule has 0 bridgehead atoms. The number of aromatic amines is 1. The lowest BCUT2D eigenvalue weighted by Gasteiger charge is -2.06. The Hall–Kier alpha value is -2.66.